The maximum absolute atomic E-state index is 12.2. The number of nitrogens with one attached hydrogen (secondary N) is 2. The smallest absolute Gasteiger partial charge is 0.251 e. The molecular formula is C15H19N3O. The predicted octanol–water partition coefficient (Wildman–Crippen LogP) is 2.93. The molecular weight excluding hydrogens is 238 g/mol. The summed E-state index contributed by atoms with van der Waals surface area (Å²) in [4.78, 5) is 19.7. The average molecular weight is 257 g/mol. The molecule has 1 aromatic carbocycles. The lowest BCUT2D eigenvalue weighted by molar-refractivity contribution is 0.0928. The second-order valence-corrected chi connectivity index (χ2v) is 5.36. The highest BCUT2D eigenvalue weighted by molar-refractivity contribution is 5.97. The standard InChI is InChI=1S/C15H19N3O/c1-10-16-13-8-7-11(9-14(13)17-10)15(19)18-12-5-3-2-4-6-12/h7-9,12H,2-6H2,1H3,(H,16,17)(H,18,19). The number of carbonyl (C=O) groups is 1. The number of imidazole rings is 1. The zero-order valence-electron chi connectivity index (χ0n) is 11.2. The third-order valence-electron chi connectivity index (χ3n) is 3.80. The zero-order chi connectivity index (χ0) is 13.2. The van der Waals surface area contributed by atoms with Gasteiger partial charge in [0.2, 0.25) is 0 Å². The lowest BCUT2D eigenvalue weighted by Gasteiger charge is -2.22. The summed E-state index contributed by atoms with van der Waals surface area (Å²) in [5.41, 5.74) is 2.54. The number of aromatic nitrogens is 2. The number of nitrogens with zero attached hydrogens (tertiary/aromatic N) is 1. The van der Waals surface area contributed by atoms with E-state index in [0.717, 1.165) is 29.7 Å². The first-order chi connectivity index (χ1) is 9.22. The molecule has 1 fully saturated rings. The van der Waals surface area contributed by atoms with E-state index in [1.54, 1.807) is 0 Å². The van der Waals surface area contributed by atoms with E-state index in [1.165, 1.54) is 19.3 Å². The van der Waals surface area contributed by atoms with Crippen molar-refractivity contribution in [2.45, 2.75) is 45.1 Å². The monoisotopic (exact) mass is 257 g/mol. The molecule has 2 aromatic rings. The van der Waals surface area contributed by atoms with Gasteiger partial charge in [0.15, 0.2) is 0 Å². The second-order valence-electron chi connectivity index (χ2n) is 5.36. The zero-order valence-corrected chi connectivity index (χ0v) is 11.2. The normalized spacial score (nSPS) is 16.7. The van der Waals surface area contributed by atoms with Crippen molar-refractivity contribution in [3.63, 3.8) is 0 Å². The van der Waals surface area contributed by atoms with Gasteiger partial charge in [0.25, 0.3) is 5.91 Å². The second kappa shape index (κ2) is 5.03. The summed E-state index contributed by atoms with van der Waals surface area (Å²) in [6.07, 6.45) is 5.97. The third kappa shape index (κ3) is 2.62. The first-order valence-corrected chi connectivity index (χ1v) is 6.99. The highest BCUT2D eigenvalue weighted by Crippen LogP contribution is 2.18. The van der Waals surface area contributed by atoms with Gasteiger partial charge in [-0.1, -0.05) is 19.3 Å². The maximum atomic E-state index is 12.2. The Morgan fingerprint density at radius 3 is 2.89 bits per heavy atom. The van der Waals surface area contributed by atoms with Crippen molar-refractivity contribution in [3.05, 3.63) is 29.6 Å². The van der Waals surface area contributed by atoms with Gasteiger partial charge in [0.05, 0.1) is 11.0 Å². The Balaban J connectivity index is 1.76. The molecule has 4 nitrogen and oxygen atoms in total. The molecule has 0 radical (unpaired) electrons. The van der Waals surface area contributed by atoms with E-state index in [1.807, 2.05) is 25.1 Å². The Hall–Kier alpha value is -1.84. The maximum Gasteiger partial charge on any atom is 0.251 e. The molecule has 0 bridgehead atoms. The van der Waals surface area contributed by atoms with Crippen LogP contribution in [0.5, 0.6) is 0 Å². The Morgan fingerprint density at radius 1 is 1.32 bits per heavy atom. The van der Waals surface area contributed by atoms with Gasteiger partial charge in [-0.2, -0.15) is 0 Å². The quantitative estimate of drug-likeness (QED) is 0.869. The summed E-state index contributed by atoms with van der Waals surface area (Å²) in [5, 5.41) is 3.13. The summed E-state index contributed by atoms with van der Waals surface area (Å²) >= 11 is 0. The Kier molecular flexibility index (Phi) is 3.23. The molecule has 100 valence electrons. The van der Waals surface area contributed by atoms with Crippen LogP contribution in [0.4, 0.5) is 0 Å². The number of fused-ring (bicyclic) bond motifs is 1. The number of aryl methyl sites for hydroxylation is 1. The van der Waals surface area contributed by atoms with E-state index in [0.29, 0.717) is 11.6 Å². The minimum Gasteiger partial charge on any atom is -0.349 e. The number of hydrogen-bond acceptors (Lipinski definition) is 2. The number of carbonyl (C=O) groups excluding carboxylic acids is 1. The summed E-state index contributed by atoms with van der Waals surface area (Å²) < 4.78 is 0. The van der Waals surface area contributed by atoms with E-state index in [-0.39, 0.29) is 5.91 Å². The highest BCUT2D eigenvalue weighted by atomic mass is 16.1. The van der Waals surface area contributed by atoms with Crippen molar-refractivity contribution in [2.24, 2.45) is 0 Å². The van der Waals surface area contributed by atoms with Crippen LogP contribution >= 0.6 is 0 Å². The molecule has 1 aliphatic rings. The molecule has 1 aliphatic carbocycles. The van der Waals surface area contributed by atoms with Gasteiger partial charge in [-0.05, 0) is 38.0 Å². The van der Waals surface area contributed by atoms with Gasteiger partial charge < -0.3 is 10.3 Å². The van der Waals surface area contributed by atoms with Gasteiger partial charge >= 0.3 is 0 Å². The fourth-order valence-electron chi connectivity index (χ4n) is 2.79. The molecule has 2 N–H and O–H groups in total. The van der Waals surface area contributed by atoms with Gasteiger partial charge in [-0.15, -0.1) is 0 Å². The van der Waals surface area contributed by atoms with Crippen molar-refractivity contribution in [3.8, 4) is 0 Å². The number of amides is 1. The number of benzene rings is 1. The SMILES string of the molecule is Cc1nc2ccc(C(=O)NC3CCCCC3)cc2[nH]1. The minimum atomic E-state index is 0.0288. The molecule has 0 atom stereocenters. The Bertz CT molecular complexity index is 596. The minimum absolute atomic E-state index is 0.0288. The predicted molar refractivity (Wildman–Crippen MR) is 75.2 cm³/mol. The molecule has 0 spiro atoms. The third-order valence-corrected chi connectivity index (χ3v) is 3.80. The van der Waals surface area contributed by atoms with E-state index < -0.39 is 0 Å². The van der Waals surface area contributed by atoms with Crippen LogP contribution in [0.25, 0.3) is 11.0 Å². The number of rotatable bonds is 2. The molecule has 4 heteroatoms. The highest BCUT2D eigenvalue weighted by Gasteiger charge is 2.17. The first kappa shape index (κ1) is 12.2. The molecule has 3 rings (SSSR count). The summed E-state index contributed by atoms with van der Waals surface area (Å²) in [7, 11) is 0. The number of hydrogen-bond donors (Lipinski definition) is 2. The molecule has 1 amide bonds. The van der Waals surface area contributed by atoms with E-state index in [9.17, 15) is 4.79 Å². The number of H-pyrrole nitrogens is 1. The largest absolute Gasteiger partial charge is 0.349 e. The van der Waals surface area contributed by atoms with E-state index in [2.05, 4.69) is 15.3 Å². The number of aromatic amines is 1. The van der Waals surface area contributed by atoms with Crippen LogP contribution in [0.2, 0.25) is 0 Å². The van der Waals surface area contributed by atoms with Crippen LogP contribution in [-0.2, 0) is 0 Å². The van der Waals surface area contributed by atoms with Crippen LogP contribution in [0.15, 0.2) is 18.2 Å². The summed E-state index contributed by atoms with van der Waals surface area (Å²) in [6.45, 7) is 1.92. The van der Waals surface area contributed by atoms with E-state index >= 15 is 0 Å². The average Bonchev–Trinajstić information content (AvgIpc) is 2.78. The van der Waals surface area contributed by atoms with Crippen molar-refractivity contribution < 1.29 is 4.79 Å². The van der Waals surface area contributed by atoms with Gasteiger partial charge in [0.1, 0.15) is 5.82 Å². The van der Waals surface area contributed by atoms with Gasteiger partial charge in [-0.3, -0.25) is 4.79 Å². The Morgan fingerprint density at radius 2 is 2.11 bits per heavy atom. The fourth-order valence-corrected chi connectivity index (χ4v) is 2.79. The summed E-state index contributed by atoms with van der Waals surface area (Å²) in [5.74, 6) is 0.904. The van der Waals surface area contributed by atoms with Gasteiger partial charge in [-0.25, -0.2) is 4.98 Å². The summed E-state index contributed by atoms with van der Waals surface area (Å²) in [6, 6.07) is 5.98. The fraction of sp³-hybridized carbons (Fsp3) is 0.467. The van der Waals surface area contributed by atoms with Crippen LogP contribution in [0.1, 0.15) is 48.3 Å². The van der Waals surface area contributed by atoms with E-state index in [4.69, 9.17) is 0 Å². The van der Waals surface area contributed by atoms with Crippen LogP contribution in [-0.4, -0.2) is 21.9 Å². The van der Waals surface area contributed by atoms with Crippen molar-refractivity contribution in [1.29, 1.82) is 0 Å². The molecule has 0 aliphatic heterocycles. The first-order valence-electron chi connectivity index (χ1n) is 6.99. The van der Waals surface area contributed by atoms with Crippen molar-refractivity contribution in [1.82, 2.24) is 15.3 Å². The van der Waals surface area contributed by atoms with Crippen molar-refractivity contribution in [2.75, 3.05) is 0 Å². The molecule has 1 saturated carbocycles. The molecule has 1 heterocycles. The molecule has 1 aromatic heterocycles. The van der Waals surface area contributed by atoms with Crippen LogP contribution in [0.3, 0.4) is 0 Å². The van der Waals surface area contributed by atoms with Gasteiger partial charge in [0, 0.05) is 11.6 Å². The molecule has 0 unspecified atom stereocenters. The Labute approximate surface area is 112 Å². The topological polar surface area (TPSA) is 57.8 Å². The lowest BCUT2D eigenvalue weighted by atomic mass is 9.95. The molecule has 0 saturated heterocycles. The van der Waals surface area contributed by atoms with Crippen LogP contribution in [0, 0.1) is 6.92 Å². The lowest BCUT2D eigenvalue weighted by Crippen LogP contribution is -2.36. The van der Waals surface area contributed by atoms with Crippen LogP contribution < -0.4 is 5.32 Å². The van der Waals surface area contributed by atoms with Crippen molar-refractivity contribution >= 4 is 16.9 Å². The molecule has 19 heavy (non-hydrogen) atoms.